The third-order valence-electron chi connectivity index (χ3n) is 16.5. The van der Waals surface area contributed by atoms with Gasteiger partial charge in [0.1, 0.15) is 36.6 Å². The Hall–Kier alpha value is -1.41. The van der Waals surface area contributed by atoms with E-state index >= 15 is 0 Å². The normalized spacial score (nSPS) is 19.5. The van der Waals surface area contributed by atoms with Gasteiger partial charge in [0.05, 0.1) is 25.4 Å². The first-order chi connectivity index (χ1) is 38.2. The molecule has 0 bridgehead atoms. The molecule has 0 aromatic carbocycles. The van der Waals surface area contributed by atoms with Gasteiger partial charge in [-0.2, -0.15) is 0 Å². The molecule has 462 valence electrons. The Bertz CT molecular complexity index is 1320. The lowest BCUT2D eigenvalue weighted by atomic mass is 9.98. The maximum absolute atomic E-state index is 13.2. The van der Waals surface area contributed by atoms with E-state index in [0.29, 0.717) is 19.3 Å². The molecule has 1 saturated heterocycles. The average Bonchev–Trinajstić information content (AvgIpc) is 3.46. The number of carbonyl (C=O) groups excluding carboxylic acids is 1. The molecule has 9 atom stereocenters. The highest BCUT2D eigenvalue weighted by molar-refractivity contribution is 5.80. The summed E-state index contributed by atoms with van der Waals surface area (Å²) in [7, 11) is 0. The van der Waals surface area contributed by atoms with Crippen LogP contribution in [-0.2, 0) is 14.3 Å². The van der Waals surface area contributed by atoms with Crippen molar-refractivity contribution in [3.63, 3.8) is 0 Å². The number of amides is 1. The molecule has 78 heavy (non-hydrogen) atoms. The molecule has 8 N–H and O–H groups in total. The summed E-state index contributed by atoms with van der Waals surface area (Å²) in [6, 6.07) is -1.17. The van der Waals surface area contributed by atoms with Crippen molar-refractivity contribution in [1.82, 2.24) is 5.32 Å². The molecule has 0 radical (unpaired) electrons. The summed E-state index contributed by atoms with van der Waals surface area (Å²) >= 11 is 0. The fraction of sp³-hybridized carbons (Fsp3) is 0.925. The molecule has 11 nitrogen and oxygen atoms in total. The molecule has 1 aliphatic heterocycles. The number of ether oxygens (including phenoxy) is 2. The summed E-state index contributed by atoms with van der Waals surface area (Å²) in [4.78, 5) is 13.2. The van der Waals surface area contributed by atoms with E-state index < -0.39 is 74.2 Å². The smallest absolute Gasteiger partial charge is 0.249 e. The standard InChI is InChI=1S/C67H129NO10/c1-3-5-7-9-11-13-15-17-19-20-21-22-23-24-25-26-27-28-29-30-31-32-33-34-35-36-37-38-39-41-43-45-47-49-51-53-55-60(71)66(76)68-58(57-77-67-65(75)64(74)63(73)61(56-69)78-67)62(72)59(70)54-52-50-48-46-44-42-40-18-16-14-12-10-8-6-4-2/h25-26,28-29,58-65,67,69-75H,3-24,27,30-57H2,1-2H3,(H,68,76)/b26-25-,29-28-. The fourth-order valence-corrected chi connectivity index (χ4v) is 11.1. The van der Waals surface area contributed by atoms with Gasteiger partial charge in [0.25, 0.3) is 0 Å². The first-order valence-corrected chi connectivity index (χ1v) is 33.7. The van der Waals surface area contributed by atoms with E-state index in [9.17, 15) is 40.5 Å². The van der Waals surface area contributed by atoms with E-state index in [1.165, 1.54) is 244 Å². The number of unbranched alkanes of at least 4 members (excludes halogenated alkanes) is 43. The minimum atomic E-state index is -1.66. The number of hydrogen-bond donors (Lipinski definition) is 8. The van der Waals surface area contributed by atoms with Crippen LogP contribution in [0.2, 0.25) is 0 Å². The average molecular weight is 1110 g/mol. The molecule has 0 saturated carbocycles. The Morgan fingerprint density at radius 3 is 1.14 bits per heavy atom. The Balaban J connectivity index is 2.14. The maximum atomic E-state index is 13.2. The molecule has 1 heterocycles. The monoisotopic (exact) mass is 1110 g/mol. The zero-order chi connectivity index (χ0) is 56.8. The Labute approximate surface area is 480 Å². The summed E-state index contributed by atoms with van der Waals surface area (Å²) in [5, 5.41) is 76.3. The van der Waals surface area contributed by atoms with E-state index in [0.717, 1.165) is 44.9 Å². The number of allylic oxidation sites excluding steroid dienone is 4. The molecule has 1 amide bonds. The Morgan fingerprint density at radius 2 is 0.782 bits per heavy atom. The van der Waals surface area contributed by atoms with Gasteiger partial charge >= 0.3 is 0 Å². The van der Waals surface area contributed by atoms with Crippen molar-refractivity contribution in [2.75, 3.05) is 13.2 Å². The van der Waals surface area contributed by atoms with Gasteiger partial charge in [0.2, 0.25) is 5.91 Å². The second-order valence-electron chi connectivity index (χ2n) is 23.9. The SMILES string of the molecule is CCCCCCCCCCCCCCC/C=C\C/C=C\CCCCCCCCCCCCCCCCCCC(O)C(=O)NC(COC1OC(CO)C(O)C(O)C1O)C(O)C(O)CCCCCCCCCCCCCCCCC. The molecule has 1 rings (SSSR count). The number of rotatable bonds is 59. The highest BCUT2D eigenvalue weighted by atomic mass is 16.7. The fourth-order valence-electron chi connectivity index (χ4n) is 11.1. The van der Waals surface area contributed by atoms with E-state index in [1.54, 1.807) is 0 Å². The van der Waals surface area contributed by atoms with Crippen molar-refractivity contribution >= 4 is 5.91 Å². The van der Waals surface area contributed by atoms with Crippen molar-refractivity contribution < 1.29 is 50.0 Å². The van der Waals surface area contributed by atoms with Gasteiger partial charge in [-0.1, -0.05) is 308 Å². The van der Waals surface area contributed by atoms with Crippen molar-refractivity contribution in [3.8, 4) is 0 Å². The molecule has 1 fully saturated rings. The molecule has 11 heteroatoms. The van der Waals surface area contributed by atoms with Crippen molar-refractivity contribution in [2.45, 2.75) is 384 Å². The number of hydrogen-bond acceptors (Lipinski definition) is 10. The van der Waals surface area contributed by atoms with Gasteiger partial charge in [-0.15, -0.1) is 0 Å². The first kappa shape index (κ1) is 74.6. The van der Waals surface area contributed by atoms with Gasteiger partial charge < -0.3 is 50.5 Å². The lowest BCUT2D eigenvalue weighted by Gasteiger charge is -2.40. The van der Waals surface area contributed by atoms with Crippen molar-refractivity contribution in [1.29, 1.82) is 0 Å². The lowest BCUT2D eigenvalue weighted by Crippen LogP contribution is -2.60. The molecule has 1 aliphatic rings. The molecular formula is C67H129NO10. The van der Waals surface area contributed by atoms with Crippen LogP contribution in [0, 0.1) is 0 Å². The zero-order valence-electron chi connectivity index (χ0n) is 50.9. The quantitative estimate of drug-likeness (QED) is 0.0215. The maximum Gasteiger partial charge on any atom is 0.249 e. The van der Waals surface area contributed by atoms with Crippen LogP contribution in [0.25, 0.3) is 0 Å². The van der Waals surface area contributed by atoms with E-state index in [1.807, 2.05) is 0 Å². The summed E-state index contributed by atoms with van der Waals surface area (Å²) in [5.74, 6) is -0.692. The van der Waals surface area contributed by atoms with E-state index in [-0.39, 0.29) is 6.42 Å². The van der Waals surface area contributed by atoms with Crippen LogP contribution in [0.15, 0.2) is 24.3 Å². The molecule has 9 unspecified atom stereocenters. The van der Waals surface area contributed by atoms with Crippen LogP contribution < -0.4 is 5.32 Å². The third kappa shape index (κ3) is 43.3. The molecule has 0 spiro atoms. The Morgan fingerprint density at radius 1 is 0.449 bits per heavy atom. The van der Waals surface area contributed by atoms with Crippen LogP contribution in [0.4, 0.5) is 0 Å². The van der Waals surface area contributed by atoms with Gasteiger partial charge in [-0.25, -0.2) is 0 Å². The van der Waals surface area contributed by atoms with Crippen LogP contribution in [0.3, 0.4) is 0 Å². The van der Waals surface area contributed by atoms with Gasteiger partial charge in [0.15, 0.2) is 6.29 Å². The third-order valence-corrected chi connectivity index (χ3v) is 16.5. The first-order valence-electron chi connectivity index (χ1n) is 33.7. The van der Waals surface area contributed by atoms with Crippen LogP contribution in [0.1, 0.15) is 328 Å². The summed E-state index contributed by atoms with van der Waals surface area (Å²) in [5.41, 5.74) is 0. The number of aliphatic hydroxyl groups excluding tert-OH is 7. The number of nitrogens with one attached hydrogen (secondary N) is 1. The van der Waals surface area contributed by atoms with Crippen molar-refractivity contribution in [2.24, 2.45) is 0 Å². The number of carbonyl (C=O) groups is 1. The highest BCUT2D eigenvalue weighted by Gasteiger charge is 2.44. The summed E-state index contributed by atoms with van der Waals surface area (Å²) in [6.45, 7) is 3.49. The van der Waals surface area contributed by atoms with Crippen molar-refractivity contribution in [3.05, 3.63) is 24.3 Å². The van der Waals surface area contributed by atoms with Gasteiger partial charge in [-0.05, 0) is 44.9 Å². The van der Waals surface area contributed by atoms with Gasteiger partial charge in [0, 0.05) is 0 Å². The second kappa shape index (κ2) is 56.1. The number of aliphatic hydroxyl groups is 7. The minimum Gasteiger partial charge on any atom is -0.394 e. The predicted octanol–water partition coefficient (Wildman–Crippen LogP) is 15.6. The topological polar surface area (TPSA) is 189 Å². The minimum absolute atomic E-state index is 0.263. The van der Waals surface area contributed by atoms with Crippen LogP contribution >= 0.6 is 0 Å². The summed E-state index contributed by atoms with van der Waals surface area (Å²) < 4.78 is 11.2. The van der Waals surface area contributed by atoms with Crippen LogP contribution in [0.5, 0.6) is 0 Å². The van der Waals surface area contributed by atoms with E-state index in [4.69, 9.17) is 9.47 Å². The van der Waals surface area contributed by atoms with Gasteiger partial charge in [-0.3, -0.25) is 4.79 Å². The predicted molar refractivity (Wildman–Crippen MR) is 326 cm³/mol. The zero-order valence-corrected chi connectivity index (χ0v) is 50.9. The van der Waals surface area contributed by atoms with E-state index in [2.05, 4.69) is 43.5 Å². The largest absolute Gasteiger partial charge is 0.394 e. The lowest BCUT2D eigenvalue weighted by molar-refractivity contribution is -0.303. The molecule has 0 aliphatic carbocycles. The Kier molecular flexibility index (Phi) is 53.6. The molecule has 0 aromatic rings. The molecule has 0 aromatic heterocycles. The highest BCUT2D eigenvalue weighted by Crippen LogP contribution is 2.24. The molecular weight excluding hydrogens is 979 g/mol. The second-order valence-corrected chi connectivity index (χ2v) is 23.9. The van der Waals surface area contributed by atoms with Crippen LogP contribution in [-0.4, -0.2) is 110 Å². The summed E-state index contributed by atoms with van der Waals surface area (Å²) in [6.07, 6.45) is 58.4.